The number of nitrogens with zero attached hydrogens (tertiary/aromatic N) is 1. The Kier molecular flexibility index (Phi) is 5.66. The molecule has 0 spiro atoms. The second-order valence-electron chi connectivity index (χ2n) is 5.33. The van der Waals surface area contributed by atoms with Crippen molar-refractivity contribution in [3.05, 3.63) is 61.4 Å². The molecule has 0 aliphatic carbocycles. The SMILES string of the molecule is CCc1ccc(N=C2NC(=O)/C(=C/c3cc(Br)c(O)c(Br)c3)S2)cc1. The summed E-state index contributed by atoms with van der Waals surface area (Å²) in [6, 6.07) is 11.4. The zero-order chi connectivity index (χ0) is 18.0. The van der Waals surface area contributed by atoms with E-state index >= 15 is 0 Å². The Morgan fingerprint density at radius 3 is 2.44 bits per heavy atom. The molecule has 1 aliphatic rings. The third kappa shape index (κ3) is 4.34. The Morgan fingerprint density at radius 2 is 1.84 bits per heavy atom. The molecule has 1 saturated heterocycles. The minimum atomic E-state index is -0.186. The maximum atomic E-state index is 12.2. The Balaban J connectivity index is 1.83. The van der Waals surface area contributed by atoms with Crippen LogP contribution in [0.3, 0.4) is 0 Å². The summed E-state index contributed by atoms with van der Waals surface area (Å²) in [5.74, 6) is -0.0577. The van der Waals surface area contributed by atoms with Crippen LogP contribution in [0.1, 0.15) is 18.1 Å². The fraction of sp³-hybridized carbons (Fsp3) is 0.111. The van der Waals surface area contributed by atoms with Crippen LogP contribution in [0.15, 0.2) is 55.2 Å². The van der Waals surface area contributed by atoms with Crippen LogP contribution >= 0.6 is 43.6 Å². The van der Waals surface area contributed by atoms with E-state index in [-0.39, 0.29) is 11.7 Å². The van der Waals surface area contributed by atoms with Crippen LogP contribution in [0.5, 0.6) is 5.75 Å². The normalized spacial score (nSPS) is 17.3. The molecule has 1 heterocycles. The van der Waals surface area contributed by atoms with Crippen molar-refractivity contribution >= 4 is 66.5 Å². The van der Waals surface area contributed by atoms with E-state index in [1.165, 1.54) is 17.3 Å². The minimum Gasteiger partial charge on any atom is -0.506 e. The van der Waals surface area contributed by atoms with Gasteiger partial charge >= 0.3 is 0 Å². The number of halogens is 2. The standard InChI is InChI=1S/C18H14Br2N2O2S/c1-2-10-3-5-12(6-4-10)21-18-22-17(24)15(25-18)9-11-7-13(19)16(23)14(20)8-11/h3-9,23H,2H2,1H3,(H,21,22,24)/b15-9-. The van der Waals surface area contributed by atoms with Crippen molar-refractivity contribution in [3.63, 3.8) is 0 Å². The number of aliphatic imine (C=N–C) groups is 1. The smallest absolute Gasteiger partial charge is 0.264 e. The van der Waals surface area contributed by atoms with Gasteiger partial charge in [0, 0.05) is 0 Å². The number of hydrogen-bond acceptors (Lipinski definition) is 4. The largest absolute Gasteiger partial charge is 0.506 e. The molecule has 0 saturated carbocycles. The monoisotopic (exact) mass is 480 g/mol. The van der Waals surface area contributed by atoms with Crippen molar-refractivity contribution in [2.75, 3.05) is 0 Å². The molecule has 0 radical (unpaired) electrons. The van der Waals surface area contributed by atoms with E-state index in [1.54, 1.807) is 18.2 Å². The molecular formula is C18H14Br2N2O2S. The summed E-state index contributed by atoms with van der Waals surface area (Å²) >= 11 is 7.87. The number of hydrogen-bond donors (Lipinski definition) is 2. The number of benzene rings is 2. The lowest BCUT2D eigenvalue weighted by atomic mass is 10.2. The predicted molar refractivity (Wildman–Crippen MR) is 110 cm³/mol. The maximum absolute atomic E-state index is 12.2. The predicted octanol–water partition coefficient (Wildman–Crippen LogP) is 5.37. The summed E-state index contributed by atoms with van der Waals surface area (Å²) in [5, 5.41) is 13.1. The Labute approximate surface area is 166 Å². The molecule has 2 aromatic rings. The molecule has 0 unspecified atom stereocenters. The number of thioether (sulfide) groups is 1. The molecule has 3 rings (SSSR count). The molecule has 0 atom stereocenters. The van der Waals surface area contributed by atoms with Crippen molar-refractivity contribution < 1.29 is 9.90 Å². The third-order valence-corrected chi connectivity index (χ3v) is 5.68. The van der Waals surface area contributed by atoms with E-state index in [0.29, 0.717) is 19.0 Å². The average molecular weight is 482 g/mol. The lowest BCUT2D eigenvalue weighted by molar-refractivity contribution is -0.115. The van der Waals surface area contributed by atoms with Gasteiger partial charge in [0.1, 0.15) is 5.75 Å². The van der Waals surface area contributed by atoms with Crippen LogP contribution < -0.4 is 5.32 Å². The van der Waals surface area contributed by atoms with Gasteiger partial charge in [-0.15, -0.1) is 0 Å². The van der Waals surface area contributed by atoms with E-state index in [9.17, 15) is 9.90 Å². The number of carbonyl (C=O) groups excluding carboxylic acids is 1. The van der Waals surface area contributed by atoms with Gasteiger partial charge in [-0.3, -0.25) is 4.79 Å². The number of phenols is 1. The van der Waals surface area contributed by atoms with Gasteiger partial charge in [0.25, 0.3) is 5.91 Å². The van der Waals surface area contributed by atoms with E-state index in [2.05, 4.69) is 49.1 Å². The zero-order valence-electron chi connectivity index (χ0n) is 13.2. The quantitative estimate of drug-likeness (QED) is 0.579. The van der Waals surface area contributed by atoms with E-state index in [4.69, 9.17) is 0 Å². The number of aromatic hydroxyl groups is 1. The highest BCUT2D eigenvalue weighted by molar-refractivity contribution is 9.11. The molecule has 0 aromatic heterocycles. The molecule has 7 heteroatoms. The number of phenolic OH excluding ortho intramolecular Hbond substituents is 1. The number of aryl methyl sites for hydroxylation is 1. The van der Waals surface area contributed by atoms with Crippen LogP contribution in [0.2, 0.25) is 0 Å². The van der Waals surface area contributed by atoms with Gasteiger partial charge in [-0.1, -0.05) is 19.1 Å². The van der Waals surface area contributed by atoms with Gasteiger partial charge in [-0.2, -0.15) is 0 Å². The van der Waals surface area contributed by atoms with Crippen LogP contribution in [-0.4, -0.2) is 16.2 Å². The van der Waals surface area contributed by atoms with E-state index in [0.717, 1.165) is 17.7 Å². The fourth-order valence-electron chi connectivity index (χ4n) is 2.22. The molecule has 1 fully saturated rings. The molecule has 128 valence electrons. The summed E-state index contributed by atoms with van der Waals surface area (Å²) in [5.41, 5.74) is 2.84. The molecule has 1 aliphatic heterocycles. The van der Waals surface area contributed by atoms with Gasteiger partial charge in [0.15, 0.2) is 5.17 Å². The first kappa shape index (κ1) is 18.2. The van der Waals surface area contributed by atoms with Crippen molar-refractivity contribution in [1.29, 1.82) is 0 Å². The van der Waals surface area contributed by atoms with E-state index < -0.39 is 0 Å². The summed E-state index contributed by atoms with van der Waals surface area (Å²) in [6.45, 7) is 2.10. The fourth-order valence-corrected chi connectivity index (χ4v) is 4.29. The van der Waals surface area contributed by atoms with E-state index in [1.807, 2.05) is 24.3 Å². The van der Waals surface area contributed by atoms with Gasteiger partial charge < -0.3 is 10.4 Å². The maximum Gasteiger partial charge on any atom is 0.264 e. The number of carbonyl (C=O) groups is 1. The summed E-state index contributed by atoms with van der Waals surface area (Å²) in [6.07, 6.45) is 2.74. The van der Waals surface area contributed by atoms with Crippen LogP contribution in [0, 0.1) is 0 Å². The highest BCUT2D eigenvalue weighted by atomic mass is 79.9. The Bertz CT molecular complexity index is 869. The molecular weight excluding hydrogens is 468 g/mol. The van der Waals surface area contributed by atoms with Gasteiger partial charge in [-0.25, -0.2) is 4.99 Å². The van der Waals surface area contributed by atoms with Crippen molar-refractivity contribution in [2.24, 2.45) is 4.99 Å². The first-order chi connectivity index (χ1) is 12.0. The minimum absolute atomic E-state index is 0.128. The Hall–Kier alpha value is -1.57. The van der Waals surface area contributed by atoms with Crippen molar-refractivity contribution in [3.8, 4) is 5.75 Å². The topological polar surface area (TPSA) is 61.7 Å². The molecule has 0 bridgehead atoms. The summed E-state index contributed by atoms with van der Waals surface area (Å²) in [4.78, 5) is 17.2. The summed E-state index contributed by atoms with van der Waals surface area (Å²) in [7, 11) is 0. The van der Waals surface area contributed by atoms with Crippen molar-refractivity contribution in [2.45, 2.75) is 13.3 Å². The lowest BCUT2D eigenvalue weighted by Crippen LogP contribution is -2.19. The number of rotatable bonds is 3. The van der Waals surface area contributed by atoms with Crippen LogP contribution in [-0.2, 0) is 11.2 Å². The summed E-state index contributed by atoms with van der Waals surface area (Å²) < 4.78 is 1.11. The molecule has 2 aromatic carbocycles. The zero-order valence-corrected chi connectivity index (χ0v) is 17.2. The second kappa shape index (κ2) is 7.76. The lowest BCUT2D eigenvalue weighted by Gasteiger charge is -2.02. The highest BCUT2D eigenvalue weighted by Gasteiger charge is 2.24. The number of amidine groups is 1. The van der Waals surface area contributed by atoms with Gasteiger partial charge in [-0.05, 0) is 91.5 Å². The molecule has 4 nitrogen and oxygen atoms in total. The Morgan fingerprint density at radius 1 is 1.20 bits per heavy atom. The number of amides is 1. The van der Waals surface area contributed by atoms with Crippen LogP contribution in [0.25, 0.3) is 6.08 Å². The highest BCUT2D eigenvalue weighted by Crippen LogP contribution is 2.35. The average Bonchev–Trinajstić information content (AvgIpc) is 2.92. The molecule has 1 amide bonds. The van der Waals surface area contributed by atoms with Crippen molar-refractivity contribution in [1.82, 2.24) is 5.32 Å². The number of nitrogens with one attached hydrogen (secondary N) is 1. The first-order valence-electron chi connectivity index (χ1n) is 7.53. The molecule has 25 heavy (non-hydrogen) atoms. The third-order valence-electron chi connectivity index (χ3n) is 3.56. The van der Waals surface area contributed by atoms with Gasteiger partial charge in [0.05, 0.1) is 19.5 Å². The van der Waals surface area contributed by atoms with Gasteiger partial charge in [0.2, 0.25) is 0 Å². The first-order valence-corrected chi connectivity index (χ1v) is 9.93. The van der Waals surface area contributed by atoms with Crippen LogP contribution in [0.4, 0.5) is 5.69 Å². The second-order valence-corrected chi connectivity index (χ2v) is 8.07. The molecule has 2 N–H and O–H groups in total.